The van der Waals surface area contributed by atoms with Gasteiger partial charge in [-0.25, -0.2) is 0 Å². The zero-order valence-electron chi connectivity index (χ0n) is 28.0. The first-order valence-corrected chi connectivity index (χ1v) is 18.0. The maximum absolute atomic E-state index is 2.44. The topological polar surface area (TPSA) is 0 Å². The Morgan fingerprint density at radius 2 is 0.860 bits per heavy atom. The molecule has 8 aromatic carbocycles. The van der Waals surface area contributed by atoms with Crippen LogP contribution in [-0.2, 0) is 0 Å². The molecule has 0 aromatic heterocycles. The third-order valence-corrected chi connectivity index (χ3v) is 11.0. The quantitative estimate of drug-likeness (QED) is 0.169. The molecule has 0 radical (unpaired) electrons. The van der Waals surface area contributed by atoms with E-state index in [0.717, 1.165) is 6.42 Å². The van der Waals surface area contributed by atoms with E-state index in [1.165, 1.54) is 112 Å². The highest BCUT2D eigenvalue weighted by atomic mass is 14.2. The molecule has 0 aliphatic heterocycles. The van der Waals surface area contributed by atoms with E-state index in [2.05, 4.69) is 170 Å². The fourth-order valence-corrected chi connectivity index (χ4v) is 8.57. The Labute approximate surface area is 293 Å². The van der Waals surface area contributed by atoms with Crippen molar-refractivity contribution in [2.45, 2.75) is 25.7 Å². The van der Waals surface area contributed by atoms with E-state index in [9.17, 15) is 0 Å². The van der Waals surface area contributed by atoms with Gasteiger partial charge in [-0.2, -0.15) is 0 Å². The summed E-state index contributed by atoms with van der Waals surface area (Å²) in [6.07, 6.45) is 11.9. The van der Waals surface area contributed by atoms with Crippen molar-refractivity contribution in [3.8, 4) is 33.4 Å². The van der Waals surface area contributed by atoms with Gasteiger partial charge in [0.15, 0.2) is 0 Å². The van der Waals surface area contributed by atoms with Crippen molar-refractivity contribution in [1.82, 2.24) is 0 Å². The second-order valence-corrected chi connectivity index (χ2v) is 13.9. The number of benzene rings is 8. The molecule has 0 heteroatoms. The lowest BCUT2D eigenvalue weighted by atomic mass is 9.82. The Kier molecular flexibility index (Phi) is 6.88. The molecule has 0 unspecified atom stereocenters. The predicted molar refractivity (Wildman–Crippen MR) is 215 cm³/mol. The molecule has 0 saturated heterocycles. The molecule has 0 bridgehead atoms. The van der Waals surface area contributed by atoms with Crippen molar-refractivity contribution in [2.24, 2.45) is 0 Å². The van der Waals surface area contributed by atoms with Crippen LogP contribution in [0.15, 0.2) is 181 Å². The van der Waals surface area contributed by atoms with Crippen LogP contribution in [0.5, 0.6) is 0 Å². The van der Waals surface area contributed by atoms with Crippen molar-refractivity contribution in [3.05, 3.63) is 187 Å². The maximum atomic E-state index is 2.44. The average Bonchev–Trinajstić information content (AvgIpc) is 3.19. The van der Waals surface area contributed by atoms with Crippen molar-refractivity contribution in [2.75, 3.05) is 0 Å². The zero-order valence-corrected chi connectivity index (χ0v) is 28.0. The smallest absolute Gasteiger partial charge is 0.00262 e. The molecule has 2 aliphatic rings. The molecule has 236 valence electrons. The molecule has 0 saturated carbocycles. The van der Waals surface area contributed by atoms with Crippen LogP contribution in [0.2, 0.25) is 0 Å². The molecular formula is C50H36. The number of rotatable bonds is 4. The highest BCUT2D eigenvalue weighted by Gasteiger charge is 2.19. The first kappa shape index (κ1) is 29.0. The third kappa shape index (κ3) is 4.83. The van der Waals surface area contributed by atoms with Gasteiger partial charge < -0.3 is 0 Å². The van der Waals surface area contributed by atoms with Gasteiger partial charge in [0, 0.05) is 0 Å². The van der Waals surface area contributed by atoms with Gasteiger partial charge in [0.25, 0.3) is 0 Å². The summed E-state index contributed by atoms with van der Waals surface area (Å²) >= 11 is 0. The van der Waals surface area contributed by atoms with Crippen LogP contribution in [0, 0.1) is 0 Å². The summed E-state index contributed by atoms with van der Waals surface area (Å²) in [7, 11) is 0. The Bertz CT molecular complexity index is 2690. The highest BCUT2D eigenvalue weighted by molar-refractivity contribution is 6.21. The standard InChI is InChI=1S/C50H36/c1-2-13-35-31-42(28-23-33(35)11-1)50-47-20-7-5-18-45(47)49(46-19-6-8-21-48(46)50)41-16-9-15-36(32-41)37-24-25-39-30-40(27-26-38(39)29-37)44-22-10-14-34-12-3-4-17-43(34)44/h1-2,4-9,11,13,15-32H,3,10,12,14H2. The van der Waals surface area contributed by atoms with Crippen molar-refractivity contribution in [3.63, 3.8) is 0 Å². The zero-order chi connectivity index (χ0) is 33.0. The van der Waals surface area contributed by atoms with Crippen LogP contribution in [0.4, 0.5) is 0 Å². The van der Waals surface area contributed by atoms with E-state index in [1.807, 2.05) is 0 Å². The predicted octanol–water partition coefficient (Wildman–Crippen LogP) is 14.1. The lowest BCUT2D eigenvalue weighted by Crippen LogP contribution is -2.02. The fraction of sp³-hybridized carbons (Fsp3) is 0.0800. The second kappa shape index (κ2) is 11.9. The van der Waals surface area contributed by atoms with Crippen molar-refractivity contribution in [1.29, 1.82) is 0 Å². The van der Waals surface area contributed by atoms with Crippen LogP contribution in [-0.4, -0.2) is 0 Å². The lowest BCUT2D eigenvalue weighted by molar-refractivity contribution is 0.834. The number of allylic oxidation sites excluding steroid dienone is 6. The van der Waals surface area contributed by atoms with E-state index in [1.54, 1.807) is 5.57 Å². The summed E-state index contributed by atoms with van der Waals surface area (Å²) in [5.74, 6) is 0. The maximum Gasteiger partial charge on any atom is -0.00262 e. The third-order valence-electron chi connectivity index (χ3n) is 11.0. The molecule has 0 spiro atoms. The number of hydrogen-bond acceptors (Lipinski definition) is 0. The second-order valence-electron chi connectivity index (χ2n) is 13.9. The molecule has 10 rings (SSSR count). The summed E-state index contributed by atoms with van der Waals surface area (Å²) in [5, 5.41) is 10.2. The van der Waals surface area contributed by atoms with Gasteiger partial charge in [0.1, 0.15) is 0 Å². The summed E-state index contributed by atoms with van der Waals surface area (Å²) in [6, 6.07) is 56.5. The van der Waals surface area contributed by atoms with Crippen molar-refractivity contribution >= 4 is 48.7 Å². The minimum Gasteiger partial charge on any atom is -0.0836 e. The average molecular weight is 637 g/mol. The van der Waals surface area contributed by atoms with Gasteiger partial charge in [-0.3, -0.25) is 0 Å². The van der Waals surface area contributed by atoms with Crippen LogP contribution in [0.1, 0.15) is 31.2 Å². The fourth-order valence-electron chi connectivity index (χ4n) is 8.57. The van der Waals surface area contributed by atoms with Gasteiger partial charge in [-0.15, -0.1) is 0 Å². The molecule has 0 atom stereocenters. The monoisotopic (exact) mass is 636 g/mol. The molecule has 0 heterocycles. The largest absolute Gasteiger partial charge is 0.0836 e. The van der Waals surface area contributed by atoms with E-state index >= 15 is 0 Å². The molecule has 0 fully saturated rings. The molecular weight excluding hydrogens is 601 g/mol. The highest BCUT2D eigenvalue weighted by Crippen LogP contribution is 2.45. The Balaban J connectivity index is 1.09. The molecule has 50 heavy (non-hydrogen) atoms. The summed E-state index contributed by atoms with van der Waals surface area (Å²) in [4.78, 5) is 0. The van der Waals surface area contributed by atoms with Crippen molar-refractivity contribution < 1.29 is 0 Å². The van der Waals surface area contributed by atoms with Gasteiger partial charge in [-0.1, -0.05) is 151 Å². The summed E-state index contributed by atoms with van der Waals surface area (Å²) in [5.41, 5.74) is 13.4. The SMILES string of the molecule is C1=CC2=C(CC1)CCC=C2c1ccc2cc(-c3cccc(-c4c5ccccc5c(-c5ccc6ccccc6c5)c5ccccc45)c3)ccc2c1. The summed E-state index contributed by atoms with van der Waals surface area (Å²) in [6.45, 7) is 0. The molecule has 0 amide bonds. The number of fused-ring (bicyclic) bond motifs is 4. The Hall–Kier alpha value is -5.98. The van der Waals surface area contributed by atoms with E-state index in [-0.39, 0.29) is 0 Å². The van der Waals surface area contributed by atoms with E-state index < -0.39 is 0 Å². The molecule has 0 nitrogen and oxygen atoms in total. The van der Waals surface area contributed by atoms with Crippen LogP contribution in [0.25, 0.3) is 82.0 Å². The molecule has 2 aliphatic carbocycles. The minimum absolute atomic E-state index is 1.14. The van der Waals surface area contributed by atoms with Gasteiger partial charge in [0.2, 0.25) is 0 Å². The van der Waals surface area contributed by atoms with Crippen LogP contribution >= 0.6 is 0 Å². The first-order chi connectivity index (χ1) is 24.8. The van der Waals surface area contributed by atoms with E-state index in [0.29, 0.717) is 0 Å². The Morgan fingerprint density at radius 1 is 0.360 bits per heavy atom. The molecule has 0 N–H and O–H groups in total. The number of hydrogen-bond donors (Lipinski definition) is 0. The van der Waals surface area contributed by atoms with Gasteiger partial charge >= 0.3 is 0 Å². The summed E-state index contributed by atoms with van der Waals surface area (Å²) < 4.78 is 0. The van der Waals surface area contributed by atoms with Crippen LogP contribution in [0.3, 0.4) is 0 Å². The normalized spacial score (nSPS) is 14.4. The lowest BCUT2D eigenvalue weighted by Gasteiger charge is -2.23. The van der Waals surface area contributed by atoms with Gasteiger partial charge in [0.05, 0.1) is 0 Å². The first-order valence-electron chi connectivity index (χ1n) is 18.0. The van der Waals surface area contributed by atoms with E-state index in [4.69, 9.17) is 0 Å². The van der Waals surface area contributed by atoms with Crippen LogP contribution < -0.4 is 0 Å². The Morgan fingerprint density at radius 3 is 1.60 bits per heavy atom. The molecule has 8 aromatic rings. The minimum atomic E-state index is 1.14. The van der Waals surface area contributed by atoms with Gasteiger partial charge in [-0.05, 0) is 143 Å².